The minimum atomic E-state index is -0.803. The summed E-state index contributed by atoms with van der Waals surface area (Å²) < 4.78 is 0. The van der Waals surface area contributed by atoms with Crippen LogP contribution in [0, 0.1) is 0 Å². The van der Waals surface area contributed by atoms with Crippen LogP contribution in [0.5, 0.6) is 0 Å². The second kappa shape index (κ2) is 7.07. The minimum Gasteiger partial charge on any atom is -0.480 e. The summed E-state index contributed by atoms with van der Waals surface area (Å²) in [4.78, 5) is 16.4. The third-order valence-corrected chi connectivity index (χ3v) is 5.00. The summed E-state index contributed by atoms with van der Waals surface area (Å²) in [7, 11) is 2.11. The Morgan fingerprint density at radius 2 is 2.05 bits per heavy atom. The zero-order valence-electron chi connectivity index (χ0n) is 13.8. The summed E-state index contributed by atoms with van der Waals surface area (Å²) in [6, 6.07) is 0.674. The van der Waals surface area contributed by atoms with Gasteiger partial charge in [0.2, 0.25) is 0 Å². The van der Waals surface area contributed by atoms with Crippen LogP contribution in [-0.4, -0.2) is 71.7 Å². The van der Waals surface area contributed by atoms with Crippen LogP contribution >= 0.6 is 0 Å². The molecule has 122 valence electrons. The van der Waals surface area contributed by atoms with Gasteiger partial charge in [0.25, 0.3) is 0 Å². The van der Waals surface area contributed by atoms with Gasteiger partial charge in [-0.3, -0.25) is 10.1 Å². The van der Waals surface area contributed by atoms with Crippen molar-refractivity contribution in [2.75, 3.05) is 33.2 Å². The van der Waals surface area contributed by atoms with Gasteiger partial charge < -0.3 is 14.9 Å². The normalized spacial score (nSPS) is 24.2. The third-order valence-electron chi connectivity index (χ3n) is 5.00. The molecule has 2 aliphatic rings. The van der Waals surface area contributed by atoms with Gasteiger partial charge in [0.05, 0.1) is 0 Å². The lowest BCUT2D eigenvalue weighted by molar-refractivity contribution is -0.145. The van der Waals surface area contributed by atoms with Gasteiger partial charge in [-0.05, 0) is 66.1 Å². The molecule has 0 spiro atoms. The van der Waals surface area contributed by atoms with E-state index in [0.29, 0.717) is 12.5 Å². The maximum Gasteiger partial charge on any atom is 0.323 e. The van der Waals surface area contributed by atoms with Gasteiger partial charge in [-0.1, -0.05) is 0 Å². The highest BCUT2D eigenvalue weighted by Crippen LogP contribution is 2.26. The molecule has 1 heterocycles. The number of carboxylic acids is 1. The Morgan fingerprint density at radius 3 is 2.57 bits per heavy atom. The topological polar surface area (TPSA) is 55.8 Å². The summed E-state index contributed by atoms with van der Waals surface area (Å²) in [5.74, 6) is -0.728. The Morgan fingerprint density at radius 1 is 1.43 bits per heavy atom. The fourth-order valence-corrected chi connectivity index (χ4v) is 3.16. The van der Waals surface area contributed by atoms with Crippen molar-refractivity contribution in [2.24, 2.45) is 0 Å². The number of hydrogen-bond acceptors (Lipinski definition) is 4. The van der Waals surface area contributed by atoms with E-state index in [0.717, 1.165) is 25.9 Å². The van der Waals surface area contributed by atoms with E-state index in [2.05, 4.69) is 29.1 Å². The summed E-state index contributed by atoms with van der Waals surface area (Å²) >= 11 is 0. The highest BCUT2D eigenvalue weighted by Gasteiger charge is 2.40. The molecule has 2 rings (SSSR count). The SMILES string of the molecule is CC(CC(C)(NC1CC1)C(=O)O)N(C)CCN1CCCC1. The second-order valence-electron chi connectivity index (χ2n) is 7.14. The number of likely N-dealkylation sites (N-methyl/N-ethyl adjacent to an activating group) is 1. The average Bonchev–Trinajstić information content (AvgIpc) is 3.07. The van der Waals surface area contributed by atoms with Crippen LogP contribution in [0.15, 0.2) is 0 Å². The second-order valence-corrected chi connectivity index (χ2v) is 7.14. The quantitative estimate of drug-likeness (QED) is 0.673. The van der Waals surface area contributed by atoms with Crippen molar-refractivity contribution in [1.82, 2.24) is 15.1 Å². The highest BCUT2D eigenvalue weighted by molar-refractivity contribution is 5.78. The number of nitrogens with one attached hydrogen (secondary N) is 1. The van der Waals surface area contributed by atoms with Crippen LogP contribution in [0.4, 0.5) is 0 Å². The molecular formula is C16H31N3O2. The van der Waals surface area contributed by atoms with Gasteiger partial charge in [0.1, 0.15) is 5.54 Å². The van der Waals surface area contributed by atoms with Crippen LogP contribution in [0.1, 0.15) is 46.0 Å². The predicted octanol–water partition coefficient (Wildman–Crippen LogP) is 1.39. The third kappa shape index (κ3) is 4.94. The van der Waals surface area contributed by atoms with Crippen LogP contribution in [0.2, 0.25) is 0 Å². The van der Waals surface area contributed by atoms with Crippen molar-refractivity contribution in [2.45, 2.75) is 63.6 Å². The lowest BCUT2D eigenvalue weighted by atomic mass is 9.93. The minimum absolute atomic E-state index is 0.264. The molecule has 1 aliphatic heterocycles. The Balaban J connectivity index is 1.79. The maximum atomic E-state index is 11.6. The van der Waals surface area contributed by atoms with Crippen LogP contribution < -0.4 is 5.32 Å². The van der Waals surface area contributed by atoms with E-state index in [4.69, 9.17) is 0 Å². The molecule has 0 aromatic carbocycles. The van der Waals surface area contributed by atoms with Crippen molar-refractivity contribution in [3.63, 3.8) is 0 Å². The van der Waals surface area contributed by atoms with Gasteiger partial charge in [-0.25, -0.2) is 0 Å². The van der Waals surface area contributed by atoms with Gasteiger partial charge in [-0.2, -0.15) is 0 Å². The molecule has 0 aromatic heterocycles. The Hall–Kier alpha value is -0.650. The van der Waals surface area contributed by atoms with Gasteiger partial charge in [0, 0.05) is 25.2 Å². The molecule has 0 aromatic rings. The van der Waals surface area contributed by atoms with Crippen molar-refractivity contribution in [1.29, 1.82) is 0 Å². The number of hydrogen-bond donors (Lipinski definition) is 2. The zero-order valence-corrected chi connectivity index (χ0v) is 13.8. The van der Waals surface area contributed by atoms with E-state index < -0.39 is 11.5 Å². The van der Waals surface area contributed by atoms with Crippen molar-refractivity contribution >= 4 is 5.97 Å². The number of nitrogens with zero attached hydrogens (tertiary/aromatic N) is 2. The fourth-order valence-electron chi connectivity index (χ4n) is 3.16. The van der Waals surface area contributed by atoms with Gasteiger partial charge >= 0.3 is 5.97 Å². The molecule has 0 amide bonds. The predicted molar refractivity (Wildman–Crippen MR) is 84.6 cm³/mol. The first kappa shape index (κ1) is 16.7. The smallest absolute Gasteiger partial charge is 0.323 e. The summed E-state index contributed by atoms with van der Waals surface area (Å²) in [5.41, 5.74) is -0.803. The number of aliphatic carboxylic acids is 1. The van der Waals surface area contributed by atoms with Crippen molar-refractivity contribution in [3.05, 3.63) is 0 Å². The molecule has 1 saturated heterocycles. The molecule has 2 unspecified atom stereocenters. The summed E-state index contributed by atoms with van der Waals surface area (Å²) in [5, 5.41) is 12.9. The molecule has 2 N–H and O–H groups in total. The lowest BCUT2D eigenvalue weighted by Gasteiger charge is -2.34. The molecule has 1 aliphatic carbocycles. The first-order chi connectivity index (χ1) is 9.90. The number of carbonyl (C=O) groups is 1. The summed E-state index contributed by atoms with van der Waals surface area (Å²) in [6.45, 7) is 8.52. The molecular weight excluding hydrogens is 266 g/mol. The Labute approximate surface area is 128 Å². The van der Waals surface area contributed by atoms with Crippen LogP contribution in [0.3, 0.4) is 0 Å². The number of carboxylic acid groups (broad SMARTS) is 1. The molecule has 21 heavy (non-hydrogen) atoms. The molecule has 2 fully saturated rings. The van der Waals surface area contributed by atoms with Crippen LogP contribution in [-0.2, 0) is 4.79 Å². The molecule has 5 nitrogen and oxygen atoms in total. The highest BCUT2D eigenvalue weighted by atomic mass is 16.4. The van der Waals surface area contributed by atoms with Crippen molar-refractivity contribution < 1.29 is 9.90 Å². The Bertz CT molecular complexity index is 353. The fraction of sp³-hybridized carbons (Fsp3) is 0.938. The van der Waals surface area contributed by atoms with Gasteiger partial charge in [-0.15, -0.1) is 0 Å². The van der Waals surface area contributed by atoms with E-state index in [9.17, 15) is 9.90 Å². The molecule has 0 bridgehead atoms. The van der Waals surface area contributed by atoms with E-state index in [-0.39, 0.29) is 6.04 Å². The first-order valence-corrected chi connectivity index (χ1v) is 8.34. The largest absolute Gasteiger partial charge is 0.480 e. The van der Waals surface area contributed by atoms with E-state index in [1.165, 1.54) is 25.9 Å². The monoisotopic (exact) mass is 297 g/mol. The number of rotatable bonds is 9. The first-order valence-electron chi connectivity index (χ1n) is 8.34. The molecule has 2 atom stereocenters. The standard InChI is InChI=1S/C16H31N3O2/c1-13(18(3)10-11-19-8-4-5-9-19)12-16(2,15(20)21)17-14-6-7-14/h13-14,17H,4-12H2,1-3H3,(H,20,21). The van der Waals surface area contributed by atoms with Crippen molar-refractivity contribution in [3.8, 4) is 0 Å². The van der Waals surface area contributed by atoms with E-state index in [1.54, 1.807) is 0 Å². The molecule has 5 heteroatoms. The van der Waals surface area contributed by atoms with E-state index >= 15 is 0 Å². The number of likely N-dealkylation sites (tertiary alicyclic amines) is 1. The molecule has 0 radical (unpaired) electrons. The zero-order chi connectivity index (χ0) is 15.5. The van der Waals surface area contributed by atoms with Crippen LogP contribution in [0.25, 0.3) is 0 Å². The van der Waals surface area contributed by atoms with Gasteiger partial charge in [0.15, 0.2) is 0 Å². The average molecular weight is 297 g/mol. The maximum absolute atomic E-state index is 11.6. The van der Waals surface area contributed by atoms with E-state index in [1.807, 2.05) is 6.92 Å². The Kier molecular flexibility index (Phi) is 5.63. The molecule has 1 saturated carbocycles. The summed E-state index contributed by atoms with van der Waals surface area (Å²) in [6.07, 6.45) is 5.52. The lowest BCUT2D eigenvalue weighted by Crippen LogP contribution is -2.54.